The van der Waals surface area contributed by atoms with E-state index in [2.05, 4.69) is 22.5 Å². The first-order valence-corrected chi connectivity index (χ1v) is 8.93. The number of para-hydroxylation sites is 1. The number of amides is 1. The third-order valence-corrected chi connectivity index (χ3v) is 5.19. The van der Waals surface area contributed by atoms with Crippen molar-refractivity contribution < 1.29 is 14.3 Å². The Bertz CT molecular complexity index is 791. The lowest BCUT2D eigenvalue weighted by molar-refractivity contribution is 0.0972. The minimum absolute atomic E-state index is 0.0328. The molecule has 5 heteroatoms. The summed E-state index contributed by atoms with van der Waals surface area (Å²) in [6.45, 7) is 3.93. The predicted octanol–water partition coefficient (Wildman–Crippen LogP) is 4.73. The molecule has 0 bridgehead atoms. The van der Waals surface area contributed by atoms with Crippen LogP contribution in [0.3, 0.4) is 0 Å². The van der Waals surface area contributed by atoms with E-state index >= 15 is 0 Å². The van der Waals surface area contributed by atoms with Crippen molar-refractivity contribution in [2.75, 3.05) is 4.90 Å². The van der Waals surface area contributed by atoms with E-state index in [1.165, 1.54) is 0 Å². The number of benzene rings is 2. The summed E-state index contributed by atoms with van der Waals surface area (Å²) in [6.07, 6.45) is 1.72. The fourth-order valence-corrected chi connectivity index (χ4v) is 3.64. The van der Waals surface area contributed by atoms with Crippen LogP contribution in [-0.4, -0.2) is 22.7 Å². The number of rotatable bonds is 4. The minimum atomic E-state index is -0.496. The molecule has 0 N–H and O–H groups in total. The van der Waals surface area contributed by atoms with Gasteiger partial charge in [-0.1, -0.05) is 64.5 Å². The second-order valence-electron chi connectivity index (χ2n) is 5.79. The Balaban J connectivity index is 1.89. The molecule has 0 aliphatic carbocycles. The molecule has 2 atom stereocenters. The molecule has 128 valence electrons. The molecule has 0 unspecified atom stereocenters. The smallest absolute Gasteiger partial charge is 0.414 e. The van der Waals surface area contributed by atoms with Crippen LogP contribution in [0.25, 0.3) is 0 Å². The van der Waals surface area contributed by atoms with Crippen molar-refractivity contribution in [1.82, 2.24) is 0 Å². The van der Waals surface area contributed by atoms with E-state index in [1.807, 2.05) is 36.4 Å². The van der Waals surface area contributed by atoms with E-state index in [0.29, 0.717) is 17.7 Å². The number of ether oxygens (including phenoxy) is 1. The molecule has 1 amide bonds. The summed E-state index contributed by atoms with van der Waals surface area (Å²) in [6, 6.07) is 16.2. The first kappa shape index (κ1) is 17.4. The van der Waals surface area contributed by atoms with Crippen LogP contribution >= 0.6 is 15.9 Å². The van der Waals surface area contributed by atoms with E-state index in [9.17, 15) is 9.59 Å². The second-order valence-corrected chi connectivity index (χ2v) is 6.77. The summed E-state index contributed by atoms with van der Waals surface area (Å²) >= 11 is 3.45. The minimum Gasteiger partial charge on any atom is -0.444 e. The lowest BCUT2D eigenvalue weighted by Crippen LogP contribution is -2.51. The Hall–Kier alpha value is -2.40. The zero-order chi connectivity index (χ0) is 17.8. The van der Waals surface area contributed by atoms with Gasteiger partial charge in [0, 0.05) is 5.56 Å². The number of alkyl halides is 1. The van der Waals surface area contributed by atoms with Gasteiger partial charge in [0.25, 0.3) is 0 Å². The van der Waals surface area contributed by atoms with Gasteiger partial charge in [0.05, 0.1) is 16.6 Å². The monoisotopic (exact) mass is 399 g/mol. The molecular weight excluding hydrogens is 382 g/mol. The molecule has 2 aromatic rings. The molecule has 3 rings (SSSR count). The van der Waals surface area contributed by atoms with Gasteiger partial charge < -0.3 is 4.74 Å². The number of ketones is 1. The van der Waals surface area contributed by atoms with Crippen molar-refractivity contribution in [3.63, 3.8) is 0 Å². The number of carbonyl (C=O) groups excluding carboxylic acids is 2. The molecule has 2 aromatic carbocycles. The summed E-state index contributed by atoms with van der Waals surface area (Å²) in [5.74, 6) is -0.0328. The lowest BCUT2D eigenvalue weighted by atomic mass is 9.93. The van der Waals surface area contributed by atoms with Gasteiger partial charge in [0.15, 0.2) is 5.78 Å². The number of hydrogen-bond acceptors (Lipinski definition) is 3. The molecule has 0 saturated carbocycles. The molecule has 25 heavy (non-hydrogen) atoms. The van der Waals surface area contributed by atoms with Gasteiger partial charge in [0.2, 0.25) is 0 Å². The van der Waals surface area contributed by atoms with Gasteiger partial charge in [-0.2, -0.15) is 0 Å². The highest BCUT2D eigenvalue weighted by molar-refractivity contribution is 9.10. The zero-order valence-corrected chi connectivity index (χ0v) is 15.2. The van der Waals surface area contributed by atoms with Crippen molar-refractivity contribution in [3.05, 3.63) is 78.4 Å². The van der Waals surface area contributed by atoms with Crippen LogP contribution in [-0.2, 0) is 11.3 Å². The van der Waals surface area contributed by atoms with Gasteiger partial charge >= 0.3 is 6.09 Å². The van der Waals surface area contributed by atoms with Gasteiger partial charge in [0.1, 0.15) is 6.61 Å². The van der Waals surface area contributed by atoms with E-state index in [0.717, 1.165) is 5.56 Å². The SMILES string of the molecule is C=CC[C@H]1[C@H](Br)C(=O)c2ccccc2N1C(=O)OCc1ccccc1. The number of anilines is 1. The Labute approximate surface area is 155 Å². The standard InChI is InChI=1S/C20H18BrNO3/c1-2-8-17-18(21)19(23)15-11-6-7-12-16(15)22(17)20(24)25-13-14-9-4-3-5-10-14/h2-7,9-12,17-18H,1,8,13H2/t17-,18-/m0/s1. The predicted molar refractivity (Wildman–Crippen MR) is 101 cm³/mol. The van der Waals surface area contributed by atoms with E-state index in [1.54, 1.807) is 29.2 Å². The third-order valence-electron chi connectivity index (χ3n) is 4.16. The third kappa shape index (κ3) is 3.51. The van der Waals surface area contributed by atoms with Crippen LogP contribution in [0.1, 0.15) is 22.3 Å². The first-order chi connectivity index (χ1) is 12.1. The van der Waals surface area contributed by atoms with Crippen LogP contribution in [0.4, 0.5) is 10.5 Å². The van der Waals surface area contributed by atoms with E-state index in [4.69, 9.17) is 4.74 Å². The average Bonchev–Trinajstić information content (AvgIpc) is 2.65. The topological polar surface area (TPSA) is 46.6 Å². The highest BCUT2D eigenvalue weighted by atomic mass is 79.9. The maximum Gasteiger partial charge on any atom is 0.414 e. The number of carbonyl (C=O) groups is 2. The molecule has 4 nitrogen and oxygen atoms in total. The molecular formula is C20H18BrNO3. The van der Waals surface area contributed by atoms with Crippen molar-refractivity contribution in [2.24, 2.45) is 0 Å². The normalized spacial score (nSPS) is 19.2. The second kappa shape index (κ2) is 7.66. The maximum absolute atomic E-state index is 12.8. The van der Waals surface area contributed by atoms with E-state index < -0.39 is 10.9 Å². The Morgan fingerprint density at radius 2 is 1.84 bits per heavy atom. The van der Waals surface area contributed by atoms with Gasteiger partial charge in [-0.3, -0.25) is 9.69 Å². The molecule has 0 fully saturated rings. The van der Waals surface area contributed by atoms with Gasteiger partial charge in [-0.15, -0.1) is 6.58 Å². The molecule has 1 aliphatic rings. The molecule has 0 spiro atoms. The first-order valence-electron chi connectivity index (χ1n) is 8.01. The fraction of sp³-hybridized carbons (Fsp3) is 0.200. The van der Waals surface area contributed by atoms with Crippen LogP contribution in [0, 0.1) is 0 Å². The van der Waals surface area contributed by atoms with Gasteiger partial charge in [-0.05, 0) is 24.1 Å². The summed E-state index contributed by atoms with van der Waals surface area (Å²) in [4.78, 5) is 26.5. The molecule has 0 aromatic heterocycles. The molecule has 1 heterocycles. The highest BCUT2D eigenvalue weighted by Crippen LogP contribution is 2.35. The average molecular weight is 400 g/mol. The zero-order valence-electron chi connectivity index (χ0n) is 13.6. The van der Waals surface area contributed by atoms with Crippen LogP contribution in [0.15, 0.2) is 67.3 Å². The summed E-state index contributed by atoms with van der Waals surface area (Å²) in [7, 11) is 0. The Morgan fingerprint density at radius 3 is 2.56 bits per heavy atom. The van der Waals surface area contributed by atoms with Crippen molar-refractivity contribution in [1.29, 1.82) is 0 Å². The Morgan fingerprint density at radius 1 is 1.16 bits per heavy atom. The number of Topliss-reactive ketones (excluding diaryl/α,β-unsaturated/α-hetero) is 1. The van der Waals surface area contributed by atoms with Crippen molar-refractivity contribution in [3.8, 4) is 0 Å². The van der Waals surface area contributed by atoms with Crippen molar-refractivity contribution >= 4 is 33.5 Å². The maximum atomic E-state index is 12.8. The number of fused-ring (bicyclic) bond motifs is 1. The van der Waals surface area contributed by atoms with Crippen LogP contribution in [0.5, 0.6) is 0 Å². The molecule has 1 aliphatic heterocycles. The number of halogens is 1. The summed E-state index contributed by atoms with van der Waals surface area (Å²) < 4.78 is 5.51. The van der Waals surface area contributed by atoms with E-state index in [-0.39, 0.29) is 18.4 Å². The molecule has 0 saturated heterocycles. The lowest BCUT2D eigenvalue weighted by Gasteiger charge is -2.38. The Kier molecular flexibility index (Phi) is 5.34. The van der Waals surface area contributed by atoms with Gasteiger partial charge in [-0.25, -0.2) is 4.79 Å². The fourth-order valence-electron chi connectivity index (χ4n) is 2.94. The highest BCUT2D eigenvalue weighted by Gasteiger charge is 2.41. The summed E-state index contributed by atoms with van der Waals surface area (Å²) in [5, 5.41) is 0. The number of nitrogens with zero attached hydrogens (tertiary/aromatic N) is 1. The quantitative estimate of drug-likeness (QED) is 0.551. The van der Waals surface area contributed by atoms with Crippen LogP contribution < -0.4 is 4.90 Å². The summed E-state index contributed by atoms with van der Waals surface area (Å²) in [5.41, 5.74) is 2.00. The molecule has 0 radical (unpaired) electrons. The largest absolute Gasteiger partial charge is 0.444 e. The van der Waals surface area contributed by atoms with Crippen molar-refractivity contribution in [2.45, 2.75) is 23.9 Å². The number of hydrogen-bond donors (Lipinski definition) is 0. The van der Waals surface area contributed by atoms with Crippen LogP contribution in [0.2, 0.25) is 0 Å².